The third-order valence-corrected chi connectivity index (χ3v) is 3.53. The predicted molar refractivity (Wildman–Crippen MR) is 82.3 cm³/mol. The molecule has 0 unspecified atom stereocenters. The molecule has 0 aliphatic rings. The molecule has 3 aromatic rings. The molecule has 130 valence electrons. The molecular formula is C16H8ClF4NO3. The highest BCUT2D eigenvalue weighted by molar-refractivity contribution is 6.35. The van der Waals surface area contributed by atoms with Gasteiger partial charge < -0.3 is 9.15 Å². The van der Waals surface area contributed by atoms with Crippen LogP contribution in [0.3, 0.4) is 0 Å². The zero-order valence-electron chi connectivity index (χ0n) is 12.2. The topological polar surface area (TPSA) is 52.3 Å². The highest BCUT2D eigenvalue weighted by Crippen LogP contribution is 2.29. The van der Waals surface area contributed by atoms with Gasteiger partial charge in [0.2, 0.25) is 5.89 Å². The van der Waals surface area contributed by atoms with Crippen molar-refractivity contribution in [1.29, 1.82) is 0 Å². The van der Waals surface area contributed by atoms with Crippen molar-refractivity contribution in [3.05, 3.63) is 57.9 Å². The van der Waals surface area contributed by atoms with Gasteiger partial charge in [-0.25, -0.2) is 9.78 Å². The fourth-order valence-electron chi connectivity index (χ4n) is 2.07. The summed E-state index contributed by atoms with van der Waals surface area (Å²) in [6, 6.07) is 9.24. The fourth-order valence-corrected chi connectivity index (χ4v) is 2.32. The monoisotopic (exact) mass is 373 g/mol. The molecule has 25 heavy (non-hydrogen) atoms. The Balaban J connectivity index is 1.95. The van der Waals surface area contributed by atoms with Crippen molar-refractivity contribution in [3.8, 4) is 17.2 Å². The molecule has 1 heterocycles. The maximum atomic E-state index is 12.9. The lowest BCUT2D eigenvalue weighted by Crippen LogP contribution is -2.33. The van der Waals surface area contributed by atoms with Crippen LogP contribution >= 0.6 is 11.6 Å². The molecular weight excluding hydrogens is 366 g/mol. The second kappa shape index (κ2) is 6.36. The van der Waals surface area contributed by atoms with Gasteiger partial charge in [-0.15, -0.1) is 0 Å². The van der Waals surface area contributed by atoms with E-state index in [9.17, 15) is 22.4 Å². The van der Waals surface area contributed by atoms with Crippen LogP contribution in [-0.4, -0.2) is 17.5 Å². The van der Waals surface area contributed by atoms with Crippen molar-refractivity contribution in [3.63, 3.8) is 0 Å². The Morgan fingerprint density at radius 3 is 2.44 bits per heavy atom. The van der Waals surface area contributed by atoms with Crippen LogP contribution in [0.5, 0.6) is 5.75 Å². The zero-order chi connectivity index (χ0) is 18.2. The molecule has 0 amide bonds. The Morgan fingerprint density at radius 1 is 1.12 bits per heavy atom. The maximum absolute atomic E-state index is 12.9. The van der Waals surface area contributed by atoms with E-state index in [1.54, 1.807) is 12.1 Å². The molecule has 1 aromatic heterocycles. The molecule has 0 spiro atoms. The molecule has 0 saturated carbocycles. The van der Waals surface area contributed by atoms with Gasteiger partial charge in [-0.2, -0.15) is 17.6 Å². The number of benzene rings is 2. The van der Waals surface area contributed by atoms with E-state index in [4.69, 9.17) is 16.0 Å². The number of hydrogen-bond acceptors (Lipinski definition) is 4. The Kier molecular flexibility index (Phi) is 4.38. The molecule has 4 nitrogen and oxygen atoms in total. The van der Waals surface area contributed by atoms with Crippen molar-refractivity contribution in [2.24, 2.45) is 0 Å². The van der Waals surface area contributed by atoms with Crippen molar-refractivity contribution in [2.45, 2.75) is 12.5 Å². The second-order valence-electron chi connectivity index (χ2n) is 4.93. The first-order chi connectivity index (χ1) is 11.8. The number of ether oxygens (including phenoxy) is 1. The average Bonchev–Trinajstić information content (AvgIpc) is 2.54. The van der Waals surface area contributed by atoms with E-state index in [2.05, 4.69) is 9.72 Å². The van der Waals surface area contributed by atoms with Crippen LogP contribution in [-0.2, 0) is 0 Å². The Bertz CT molecular complexity index is 973. The van der Waals surface area contributed by atoms with Gasteiger partial charge in [0, 0.05) is 5.56 Å². The summed E-state index contributed by atoms with van der Waals surface area (Å²) in [4.78, 5) is 16.2. The molecule has 2 aromatic carbocycles. The molecule has 0 aliphatic carbocycles. The maximum Gasteiger partial charge on any atom is 0.461 e. The Labute approximate surface area is 142 Å². The van der Waals surface area contributed by atoms with Gasteiger partial charge >= 0.3 is 18.2 Å². The number of nitrogens with zero attached hydrogens (tertiary/aromatic N) is 1. The summed E-state index contributed by atoms with van der Waals surface area (Å²) in [5.41, 5.74) is -0.148. The van der Waals surface area contributed by atoms with Gasteiger partial charge in [0.05, 0.1) is 10.5 Å². The van der Waals surface area contributed by atoms with Crippen LogP contribution in [0.2, 0.25) is 5.02 Å². The summed E-state index contributed by atoms with van der Waals surface area (Å²) in [6.45, 7) is 0. The van der Waals surface area contributed by atoms with Crippen molar-refractivity contribution >= 4 is 22.5 Å². The zero-order valence-corrected chi connectivity index (χ0v) is 12.9. The average molecular weight is 374 g/mol. The number of alkyl halides is 4. The van der Waals surface area contributed by atoms with Gasteiger partial charge in [0.1, 0.15) is 11.1 Å². The summed E-state index contributed by atoms with van der Waals surface area (Å²) in [7, 11) is 0. The first kappa shape index (κ1) is 17.2. The molecule has 0 radical (unpaired) electrons. The summed E-state index contributed by atoms with van der Waals surface area (Å²) in [5, 5.41) is 0.299. The summed E-state index contributed by atoms with van der Waals surface area (Å²) < 4.78 is 59.0. The highest BCUT2D eigenvalue weighted by atomic mass is 35.5. The third-order valence-electron chi connectivity index (χ3n) is 3.22. The number of rotatable bonds is 4. The van der Waals surface area contributed by atoms with Crippen LogP contribution < -0.4 is 10.4 Å². The van der Waals surface area contributed by atoms with Crippen molar-refractivity contribution < 1.29 is 26.7 Å². The van der Waals surface area contributed by atoms with E-state index in [-0.39, 0.29) is 21.9 Å². The van der Waals surface area contributed by atoms with Crippen molar-refractivity contribution in [1.82, 2.24) is 4.98 Å². The van der Waals surface area contributed by atoms with Gasteiger partial charge in [-0.1, -0.05) is 17.7 Å². The molecule has 9 heteroatoms. The predicted octanol–water partition coefficient (Wildman–Crippen LogP) is 4.75. The van der Waals surface area contributed by atoms with E-state index >= 15 is 0 Å². The molecule has 0 saturated heterocycles. The van der Waals surface area contributed by atoms with Crippen LogP contribution in [0, 0.1) is 0 Å². The molecule has 0 bridgehead atoms. The summed E-state index contributed by atoms with van der Waals surface area (Å²) in [6.07, 6.45) is -8.57. The highest BCUT2D eigenvalue weighted by Gasteiger charge is 2.43. The number of hydrogen-bond donors (Lipinski definition) is 0. The van der Waals surface area contributed by atoms with E-state index in [1.807, 2.05) is 0 Å². The van der Waals surface area contributed by atoms with Crippen molar-refractivity contribution in [2.75, 3.05) is 0 Å². The normalized spacial score (nSPS) is 11.9. The first-order valence-electron chi connectivity index (χ1n) is 6.83. The quantitative estimate of drug-likeness (QED) is 0.620. The van der Waals surface area contributed by atoms with Crippen LogP contribution in [0.4, 0.5) is 17.6 Å². The Morgan fingerprint density at radius 2 is 1.80 bits per heavy atom. The summed E-state index contributed by atoms with van der Waals surface area (Å²) >= 11 is 5.92. The first-order valence-corrected chi connectivity index (χ1v) is 7.20. The fraction of sp³-hybridized carbons (Fsp3) is 0.125. The minimum atomic E-state index is -4.61. The number of halogens is 5. The van der Waals surface area contributed by atoms with Crippen LogP contribution in [0.25, 0.3) is 22.4 Å². The SMILES string of the molecule is O=c1oc(-c2ccc(OC(F)(F)C(F)F)cc2)nc2cccc(Cl)c12. The largest absolute Gasteiger partial charge is 0.461 e. The number of aromatic nitrogens is 1. The molecule has 0 aliphatic heterocycles. The molecule has 0 fully saturated rings. The standard InChI is InChI=1S/C16H8ClF4NO3/c17-10-2-1-3-11-12(10)14(23)24-13(22-11)8-4-6-9(7-5-8)25-16(20,21)15(18)19/h1-7,15H. The lowest BCUT2D eigenvalue weighted by atomic mass is 10.2. The van der Waals surface area contributed by atoms with E-state index in [1.165, 1.54) is 18.2 Å². The lowest BCUT2D eigenvalue weighted by molar-refractivity contribution is -0.253. The second-order valence-corrected chi connectivity index (χ2v) is 5.34. The van der Waals surface area contributed by atoms with Gasteiger partial charge in [0.25, 0.3) is 0 Å². The lowest BCUT2D eigenvalue weighted by Gasteiger charge is -2.16. The van der Waals surface area contributed by atoms with Crippen LogP contribution in [0.1, 0.15) is 0 Å². The van der Waals surface area contributed by atoms with Crippen LogP contribution in [0.15, 0.2) is 51.7 Å². The van der Waals surface area contributed by atoms with E-state index in [0.29, 0.717) is 5.52 Å². The molecule has 3 rings (SSSR count). The Hall–Kier alpha value is -2.61. The van der Waals surface area contributed by atoms with Gasteiger partial charge in [-0.05, 0) is 36.4 Å². The third kappa shape index (κ3) is 3.43. The summed E-state index contributed by atoms with van der Waals surface area (Å²) in [5.74, 6) is -0.549. The van der Waals surface area contributed by atoms with E-state index < -0.39 is 23.9 Å². The van der Waals surface area contributed by atoms with Gasteiger partial charge in [-0.3, -0.25) is 0 Å². The number of fused-ring (bicyclic) bond motifs is 1. The minimum Gasteiger partial charge on any atom is -0.428 e. The molecule has 0 atom stereocenters. The molecule has 0 N–H and O–H groups in total. The smallest absolute Gasteiger partial charge is 0.428 e. The minimum absolute atomic E-state index is 0.0769. The van der Waals surface area contributed by atoms with Gasteiger partial charge in [0.15, 0.2) is 0 Å². The van der Waals surface area contributed by atoms with E-state index in [0.717, 1.165) is 12.1 Å².